The van der Waals surface area contributed by atoms with Gasteiger partial charge in [0.15, 0.2) is 5.75 Å². The Morgan fingerprint density at radius 1 is 1.45 bits per heavy atom. The lowest BCUT2D eigenvalue weighted by molar-refractivity contribution is 0.162. The molecule has 0 saturated carbocycles. The van der Waals surface area contributed by atoms with E-state index in [1.807, 2.05) is 24.3 Å². The topological polar surface area (TPSA) is 47.3 Å². The minimum absolute atomic E-state index is 0.478. The van der Waals surface area contributed by atoms with Crippen molar-refractivity contribution < 1.29 is 9.84 Å². The molecule has 1 heterocycles. The maximum Gasteiger partial charge on any atom is 0.162 e. The summed E-state index contributed by atoms with van der Waals surface area (Å²) in [5.74, 6) is 0.618. The number of benzene rings is 1. The Balaban J connectivity index is 2.23. The molecule has 1 aromatic heterocycles. The van der Waals surface area contributed by atoms with Crippen LogP contribution in [0.4, 0.5) is 0 Å². The fourth-order valence-electron chi connectivity index (χ4n) is 2.25. The average molecular weight is 295 g/mol. The number of aryl methyl sites for hydroxylation is 1. The fraction of sp³-hybridized carbons (Fsp3) is 0.400. The maximum atomic E-state index is 10.5. The van der Waals surface area contributed by atoms with Crippen LogP contribution in [0.1, 0.15) is 30.7 Å². The lowest BCUT2D eigenvalue weighted by Crippen LogP contribution is -2.12. The number of nitrogens with zero attached hydrogens (tertiary/aromatic N) is 2. The molecule has 1 atom stereocenters. The SMILES string of the molecule is CCCn1ncc(OC)c1C(O)Cc1cccc(Cl)c1. The molecule has 2 aromatic rings. The Labute approximate surface area is 123 Å². The van der Waals surface area contributed by atoms with Crippen LogP contribution in [0, 0.1) is 0 Å². The number of hydrogen-bond acceptors (Lipinski definition) is 3. The second-order valence-electron chi connectivity index (χ2n) is 4.67. The monoisotopic (exact) mass is 294 g/mol. The first-order valence-corrected chi connectivity index (χ1v) is 7.05. The van der Waals surface area contributed by atoms with Crippen molar-refractivity contribution in [2.45, 2.75) is 32.4 Å². The third-order valence-corrected chi connectivity index (χ3v) is 3.37. The van der Waals surface area contributed by atoms with E-state index in [2.05, 4.69) is 12.0 Å². The highest BCUT2D eigenvalue weighted by Gasteiger charge is 2.20. The van der Waals surface area contributed by atoms with Gasteiger partial charge in [-0.2, -0.15) is 5.10 Å². The van der Waals surface area contributed by atoms with E-state index >= 15 is 0 Å². The molecule has 4 nitrogen and oxygen atoms in total. The molecule has 0 bridgehead atoms. The van der Waals surface area contributed by atoms with Gasteiger partial charge in [-0.05, 0) is 24.1 Å². The van der Waals surface area contributed by atoms with Crippen molar-refractivity contribution >= 4 is 11.6 Å². The van der Waals surface area contributed by atoms with Gasteiger partial charge in [-0.15, -0.1) is 0 Å². The quantitative estimate of drug-likeness (QED) is 0.890. The zero-order chi connectivity index (χ0) is 14.5. The first-order chi connectivity index (χ1) is 9.65. The van der Waals surface area contributed by atoms with E-state index in [0.717, 1.165) is 18.5 Å². The number of rotatable bonds is 6. The molecule has 1 unspecified atom stereocenters. The van der Waals surface area contributed by atoms with Gasteiger partial charge in [0.25, 0.3) is 0 Å². The van der Waals surface area contributed by atoms with Crippen molar-refractivity contribution in [2.24, 2.45) is 0 Å². The molecule has 5 heteroatoms. The van der Waals surface area contributed by atoms with E-state index in [9.17, 15) is 5.11 Å². The number of methoxy groups -OCH3 is 1. The van der Waals surface area contributed by atoms with Gasteiger partial charge in [0, 0.05) is 18.0 Å². The summed E-state index contributed by atoms with van der Waals surface area (Å²) in [4.78, 5) is 0. The molecule has 0 spiro atoms. The second kappa shape index (κ2) is 6.77. The van der Waals surface area contributed by atoms with Gasteiger partial charge in [0.2, 0.25) is 0 Å². The summed E-state index contributed by atoms with van der Waals surface area (Å²) in [5, 5.41) is 15.4. The zero-order valence-corrected chi connectivity index (χ0v) is 12.5. The molecule has 0 aliphatic heterocycles. The lowest BCUT2D eigenvalue weighted by atomic mass is 10.1. The number of halogens is 1. The average Bonchev–Trinajstić information content (AvgIpc) is 2.82. The first kappa shape index (κ1) is 14.9. The summed E-state index contributed by atoms with van der Waals surface area (Å²) < 4.78 is 7.09. The Kier molecular flexibility index (Phi) is 5.04. The lowest BCUT2D eigenvalue weighted by Gasteiger charge is -2.15. The third-order valence-electron chi connectivity index (χ3n) is 3.13. The normalized spacial score (nSPS) is 12.4. The number of ether oxygens (including phenoxy) is 1. The third kappa shape index (κ3) is 3.32. The highest BCUT2D eigenvalue weighted by atomic mass is 35.5. The van der Waals surface area contributed by atoms with Crippen LogP contribution >= 0.6 is 11.6 Å². The molecule has 1 aromatic carbocycles. The Hall–Kier alpha value is -1.52. The largest absolute Gasteiger partial charge is 0.493 e. The van der Waals surface area contributed by atoms with E-state index in [4.69, 9.17) is 16.3 Å². The van der Waals surface area contributed by atoms with Gasteiger partial charge >= 0.3 is 0 Å². The van der Waals surface area contributed by atoms with Crippen LogP contribution in [-0.4, -0.2) is 22.0 Å². The van der Waals surface area contributed by atoms with Gasteiger partial charge in [0.05, 0.1) is 13.3 Å². The molecule has 0 aliphatic rings. The van der Waals surface area contributed by atoms with Crippen LogP contribution in [0.2, 0.25) is 5.02 Å². The van der Waals surface area contributed by atoms with Crippen molar-refractivity contribution in [1.29, 1.82) is 0 Å². The number of aliphatic hydroxyl groups is 1. The minimum Gasteiger partial charge on any atom is -0.493 e. The van der Waals surface area contributed by atoms with Gasteiger partial charge in [-0.25, -0.2) is 0 Å². The predicted octanol–water partition coefficient (Wildman–Crippen LogP) is 3.23. The smallest absolute Gasteiger partial charge is 0.162 e. The molecule has 2 rings (SSSR count). The molecule has 20 heavy (non-hydrogen) atoms. The molecule has 0 aliphatic carbocycles. The molecule has 0 amide bonds. The number of aliphatic hydroxyl groups excluding tert-OH is 1. The van der Waals surface area contributed by atoms with Crippen LogP contribution in [0.15, 0.2) is 30.5 Å². The molecular formula is C15H19ClN2O2. The number of aromatic nitrogens is 2. The summed E-state index contributed by atoms with van der Waals surface area (Å²) in [6.07, 6.45) is 2.40. The fourth-order valence-corrected chi connectivity index (χ4v) is 2.46. The second-order valence-corrected chi connectivity index (χ2v) is 5.11. The van der Waals surface area contributed by atoms with Crippen LogP contribution < -0.4 is 4.74 Å². The highest BCUT2D eigenvalue weighted by Crippen LogP contribution is 2.28. The van der Waals surface area contributed by atoms with E-state index < -0.39 is 6.10 Å². The molecule has 0 fully saturated rings. The van der Waals surface area contributed by atoms with Crippen LogP contribution in [0.25, 0.3) is 0 Å². The Bertz CT molecular complexity index is 569. The minimum atomic E-state index is -0.669. The van der Waals surface area contributed by atoms with Crippen LogP contribution in [-0.2, 0) is 13.0 Å². The van der Waals surface area contributed by atoms with Crippen molar-refractivity contribution in [2.75, 3.05) is 7.11 Å². The molecule has 108 valence electrons. The Morgan fingerprint density at radius 2 is 2.25 bits per heavy atom. The van der Waals surface area contributed by atoms with E-state index in [1.165, 1.54) is 0 Å². The van der Waals surface area contributed by atoms with Crippen molar-refractivity contribution in [3.8, 4) is 5.75 Å². The maximum absolute atomic E-state index is 10.5. The summed E-state index contributed by atoms with van der Waals surface area (Å²) in [6.45, 7) is 2.83. The predicted molar refractivity (Wildman–Crippen MR) is 79.2 cm³/mol. The van der Waals surface area contributed by atoms with E-state index in [0.29, 0.717) is 22.9 Å². The zero-order valence-electron chi connectivity index (χ0n) is 11.7. The summed E-state index contributed by atoms with van der Waals surface area (Å²) in [6, 6.07) is 7.50. The van der Waals surface area contributed by atoms with Gasteiger partial charge in [0.1, 0.15) is 11.8 Å². The molecule has 1 N–H and O–H groups in total. The van der Waals surface area contributed by atoms with Crippen molar-refractivity contribution in [3.05, 3.63) is 46.7 Å². The standard InChI is InChI=1S/C15H19ClN2O2/c1-3-7-18-15(14(20-2)10-17-18)13(19)9-11-5-4-6-12(16)8-11/h4-6,8,10,13,19H,3,7,9H2,1-2H3. The van der Waals surface area contributed by atoms with Gasteiger partial charge in [-0.1, -0.05) is 30.7 Å². The van der Waals surface area contributed by atoms with Crippen molar-refractivity contribution in [3.63, 3.8) is 0 Å². The van der Waals surface area contributed by atoms with Crippen LogP contribution in [0.5, 0.6) is 5.75 Å². The molecule has 0 radical (unpaired) electrons. The van der Waals surface area contributed by atoms with Gasteiger partial charge in [-0.3, -0.25) is 4.68 Å². The Morgan fingerprint density at radius 3 is 2.90 bits per heavy atom. The van der Waals surface area contributed by atoms with Gasteiger partial charge < -0.3 is 9.84 Å². The highest BCUT2D eigenvalue weighted by molar-refractivity contribution is 6.30. The molecule has 0 saturated heterocycles. The summed E-state index contributed by atoms with van der Waals surface area (Å²) >= 11 is 5.97. The number of hydrogen-bond donors (Lipinski definition) is 1. The summed E-state index contributed by atoms with van der Waals surface area (Å²) in [5.41, 5.74) is 1.70. The van der Waals surface area contributed by atoms with Crippen molar-refractivity contribution in [1.82, 2.24) is 9.78 Å². The first-order valence-electron chi connectivity index (χ1n) is 6.68. The van der Waals surface area contributed by atoms with E-state index in [-0.39, 0.29) is 0 Å². The summed E-state index contributed by atoms with van der Waals surface area (Å²) in [7, 11) is 1.59. The molecular weight excluding hydrogens is 276 g/mol. The van der Waals surface area contributed by atoms with Crippen LogP contribution in [0.3, 0.4) is 0 Å². The van der Waals surface area contributed by atoms with E-state index in [1.54, 1.807) is 18.0 Å².